The van der Waals surface area contributed by atoms with Crippen LogP contribution in [-0.2, 0) is 14.4 Å². The summed E-state index contributed by atoms with van der Waals surface area (Å²) < 4.78 is 0. The molecule has 1 aliphatic rings. The predicted molar refractivity (Wildman–Crippen MR) is 189 cm³/mol. The highest BCUT2D eigenvalue weighted by molar-refractivity contribution is 6.00. The largest absolute Gasteiger partial charge is 0.465 e. The molecule has 0 saturated carbocycles. The average Bonchev–Trinajstić information content (AvgIpc) is 3.76. The lowest BCUT2D eigenvalue weighted by atomic mass is 10.0. The molecule has 1 fully saturated rings. The number of anilines is 2. The van der Waals surface area contributed by atoms with Crippen molar-refractivity contribution in [1.82, 2.24) is 20.1 Å². The average molecular weight is 659 g/mol. The first-order chi connectivity index (χ1) is 23.7. The Kier molecular flexibility index (Phi) is 9.72. The van der Waals surface area contributed by atoms with E-state index in [0.717, 1.165) is 34.1 Å². The number of likely N-dealkylation sites (N-methyl/N-ethyl adjacent to an activating group) is 1. The number of benzene rings is 4. The maximum atomic E-state index is 13.7. The Balaban J connectivity index is 1.12. The molecule has 5 aromatic rings. The van der Waals surface area contributed by atoms with Crippen molar-refractivity contribution in [3.05, 3.63) is 120 Å². The molecule has 49 heavy (non-hydrogen) atoms. The summed E-state index contributed by atoms with van der Waals surface area (Å²) in [6.45, 7) is 0.531. The van der Waals surface area contributed by atoms with Crippen LogP contribution in [0.1, 0.15) is 36.1 Å². The standard InChI is InChI=1S/C38H38N6O5/c1-43(2)34(26-12-7-4-8-13-26)37(47)44-21-9-14-32(44)35(45)40-29-19-20-30-27(22-29)23-31(41-30)24-15-17-28(18-16-24)39-36(46)33(42-38(48)49)25-10-5-3-6-11-25/h3-8,10-13,15-20,22-23,32-34,41-42H,9,14,21H2,1-2H3,(H,39,46)(H,40,45)(H,48,49)/t32-,33?,34?/m0/s1. The van der Waals surface area contributed by atoms with Crippen LogP contribution in [0.5, 0.6) is 0 Å². The van der Waals surface area contributed by atoms with Gasteiger partial charge in [-0.05, 0) is 80.0 Å². The normalized spacial score (nSPS) is 15.5. The number of rotatable bonds is 10. The summed E-state index contributed by atoms with van der Waals surface area (Å²) in [6, 6.07) is 31.0. The quantitative estimate of drug-likeness (QED) is 0.124. The van der Waals surface area contributed by atoms with Gasteiger partial charge in [-0.25, -0.2) is 4.79 Å². The molecule has 2 heterocycles. The molecule has 250 valence electrons. The lowest BCUT2D eigenvalue weighted by Gasteiger charge is -2.31. The smallest absolute Gasteiger partial charge is 0.405 e. The minimum Gasteiger partial charge on any atom is -0.465 e. The number of likely N-dealkylation sites (tertiary alicyclic amines) is 1. The van der Waals surface area contributed by atoms with Gasteiger partial charge in [0, 0.05) is 34.5 Å². The molecule has 0 bridgehead atoms. The molecule has 6 rings (SSSR count). The Morgan fingerprint density at radius 1 is 0.816 bits per heavy atom. The first-order valence-corrected chi connectivity index (χ1v) is 16.1. The zero-order valence-corrected chi connectivity index (χ0v) is 27.2. The molecule has 0 aliphatic carbocycles. The highest BCUT2D eigenvalue weighted by Crippen LogP contribution is 2.30. The summed E-state index contributed by atoms with van der Waals surface area (Å²) in [6.07, 6.45) is 0.0602. The summed E-state index contributed by atoms with van der Waals surface area (Å²) >= 11 is 0. The number of hydrogen-bond acceptors (Lipinski definition) is 5. The van der Waals surface area contributed by atoms with Crippen LogP contribution in [0, 0.1) is 0 Å². The molecule has 0 radical (unpaired) electrons. The summed E-state index contributed by atoms with van der Waals surface area (Å²) in [5.41, 5.74) is 5.17. The van der Waals surface area contributed by atoms with E-state index in [1.807, 2.05) is 85.7 Å². The van der Waals surface area contributed by atoms with Crippen LogP contribution in [0.25, 0.3) is 22.2 Å². The van der Waals surface area contributed by atoms with E-state index in [9.17, 15) is 24.3 Å². The molecule has 1 aromatic heterocycles. The van der Waals surface area contributed by atoms with Gasteiger partial charge in [0.15, 0.2) is 0 Å². The lowest BCUT2D eigenvalue weighted by Crippen LogP contribution is -2.47. The van der Waals surface area contributed by atoms with E-state index in [2.05, 4.69) is 20.9 Å². The fourth-order valence-electron chi connectivity index (χ4n) is 6.37. The molecular formula is C38H38N6O5. The highest BCUT2D eigenvalue weighted by Gasteiger charge is 2.38. The monoisotopic (exact) mass is 658 g/mol. The zero-order chi connectivity index (χ0) is 34.5. The van der Waals surface area contributed by atoms with Gasteiger partial charge in [-0.1, -0.05) is 72.8 Å². The zero-order valence-electron chi connectivity index (χ0n) is 27.2. The molecular weight excluding hydrogens is 620 g/mol. The Labute approximate surface area is 283 Å². The second-order valence-corrected chi connectivity index (χ2v) is 12.3. The fourth-order valence-corrected chi connectivity index (χ4v) is 6.37. The number of carbonyl (C=O) groups excluding carboxylic acids is 3. The molecule has 0 spiro atoms. The Morgan fingerprint density at radius 2 is 1.47 bits per heavy atom. The van der Waals surface area contributed by atoms with Gasteiger partial charge >= 0.3 is 6.09 Å². The van der Waals surface area contributed by atoms with Crippen LogP contribution in [0.15, 0.2) is 109 Å². The van der Waals surface area contributed by atoms with Gasteiger partial charge in [0.25, 0.3) is 5.91 Å². The van der Waals surface area contributed by atoms with E-state index in [1.54, 1.807) is 47.4 Å². The van der Waals surface area contributed by atoms with Crippen LogP contribution in [-0.4, -0.2) is 70.4 Å². The predicted octanol–water partition coefficient (Wildman–Crippen LogP) is 6.01. The summed E-state index contributed by atoms with van der Waals surface area (Å²) in [7, 11) is 3.74. The van der Waals surface area contributed by atoms with Crippen molar-refractivity contribution >= 4 is 46.1 Å². The molecule has 3 atom stereocenters. The van der Waals surface area contributed by atoms with Crippen molar-refractivity contribution in [3.63, 3.8) is 0 Å². The number of carbonyl (C=O) groups is 4. The molecule has 1 saturated heterocycles. The molecule has 11 nitrogen and oxygen atoms in total. The Morgan fingerprint density at radius 3 is 2.12 bits per heavy atom. The fraction of sp³-hybridized carbons (Fsp3) is 0.211. The van der Waals surface area contributed by atoms with Gasteiger partial charge in [-0.2, -0.15) is 0 Å². The molecule has 4 amide bonds. The van der Waals surface area contributed by atoms with Crippen molar-refractivity contribution < 1.29 is 24.3 Å². The first-order valence-electron chi connectivity index (χ1n) is 16.1. The molecule has 5 N–H and O–H groups in total. The SMILES string of the molecule is CN(C)C(C(=O)N1CCC[C@H]1C(=O)Nc1ccc2[nH]c(-c3ccc(NC(=O)C(NC(=O)O)c4ccccc4)cc3)cc2c1)c1ccccc1. The van der Waals surface area contributed by atoms with Crippen LogP contribution in [0.3, 0.4) is 0 Å². The Hall–Kier alpha value is -5.94. The van der Waals surface area contributed by atoms with Gasteiger partial charge in [0.05, 0.1) is 0 Å². The summed E-state index contributed by atoms with van der Waals surface area (Å²) in [5, 5.41) is 18.3. The highest BCUT2D eigenvalue weighted by atomic mass is 16.4. The van der Waals surface area contributed by atoms with E-state index in [1.165, 1.54) is 0 Å². The molecule has 1 aliphatic heterocycles. The van der Waals surface area contributed by atoms with E-state index < -0.39 is 30.1 Å². The van der Waals surface area contributed by atoms with E-state index in [4.69, 9.17) is 0 Å². The van der Waals surface area contributed by atoms with E-state index in [0.29, 0.717) is 29.9 Å². The first kappa shape index (κ1) is 33.0. The molecule has 2 unspecified atom stereocenters. The maximum Gasteiger partial charge on any atom is 0.405 e. The Bertz CT molecular complexity index is 1960. The van der Waals surface area contributed by atoms with Gasteiger partial charge < -0.3 is 30.9 Å². The van der Waals surface area contributed by atoms with Crippen LogP contribution in [0.4, 0.5) is 16.2 Å². The number of nitrogens with zero attached hydrogens (tertiary/aromatic N) is 2. The van der Waals surface area contributed by atoms with Gasteiger partial charge in [0.1, 0.15) is 18.1 Å². The van der Waals surface area contributed by atoms with Crippen molar-refractivity contribution in [1.29, 1.82) is 0 Å². The van der Waals surface area contributed by atoms with Crippen molar-refractivity contribution in [3.8, 4) is 11.3 Å². The van der Waals surface area contributed by atoms with E-state index in [-0.39, 0.29) is 11.8 Å². The maximum absolute atomic E-state index is 13.7. The van der Waals surface area contributed by atoms with Gasteiger partial charge in [-0.3, -0.25) is 19.3 Å². The van der Waals surface area contributed by atoms with Crippen LogP contribution in [0.2, 0.25) is 0 Å². The van der Waals surface area contributed by atoms with Gasteiger partial charge in [-0.15, -0.1) is 0 Å². The third-order valence-electron chi connectivity index (χ3n) is 8.72. The van der Waals surface area contributed by atoms with Crippen LogP contribution < -0.4 is 16.0 Å². The minimum atomic E-state index is -1.30. The second-order valence-electron chi connectivity index (χ2n) is 12.3. The van der Waals surface area contributed by atoms with E-state index >= 15 is 0 Å². The number of nitrogens with one attached hydrogen (secondary N) is 4. The topological polar surface area (TPSA) is 147 Å². The number of fused-ring (bicyclic) bond motifs is 1. The number of aromatic nitrogens is 1. The molecule has 4 aromatic carbocycles. The van der Waals surface area contributed by atoms with Crippen LogP contribution >= 0.6 is 0 Å². The van der Waals surface area contributed by atoms with Crippen molar-refractivity contribution in [2.45, 2.75) is 31.0 Å². The number of carboxylic acid groups (broad SMARTS) is 1. The van der Waals surface area contributed by atoms with Gasteiger partial charge in [0.2, 0.25) is 11.8 Å². The number of amides is 4. The summed E-state index contributed by atoms with van der Waals surface area (Å²) in [5.74, 6) is -0.796. The number of aromatic amines is 1. The third-order valence-corrected chi connectivity index (χ3v) is 8.72. The number of hydrogen-bond donors (Lipinski definition) is 5. The van der Waals surface area contributed by atoms with Crippen molar-refractivity contribution in [2.24, 2.45) is 0 Å². The van der Waals surface area contributed by atoms with Crippen molar-refractivity contribution in [2.75, 3.05) is 31.3 Å². The number of H-pyrrole nitrogens is 1. The third kappa shape index (κ3) is 7.47. The lowest BCUT2D eigenvalue weighted by molar-refractivity contribution is -0.140. The molecule has 11 heteroatoms. The second kappa shape index (κ2) is 14.4. The minimum absolute atomic E-state index is 0.0851. The summed E-state index contributed by atoms with van der Waals surface area (Å²) in [4.78, 5) is 58.6.